The van der Waals surface area contributed by atoms with Gasteiger partial charge in [-0.2, -0.15) is 0 Å². The molecule has 0 amide bonds. The highest BCUT2D eigenvalue weighted by atomic mass is 19.1. The standard InChI is InChI=1S/C13H14FN3O2/c1-3-19-13(18)12-16-15-9(2)17(12)8-10-5-4-6-11(14)7-10/h4-7H,3,8H2,1-2H3. The van der Waals surface area contributed by atoms with Crippen molar-refractivity contribution in [1.29, 1.82) is 0 Å². The molecule has 0 saturated carbocycles. The summed E-state index contributed by atoms with van der Waals surface area (Å²) in [6.07, 6.45) is 0. The number of aromatic nitrogens is 3. The Morgan fingerprint density at radius 2 is 2.21 bits per heavy atom. The van der Waals surface area contributed by atoms with Crippen molar-refractivity contribution in [1.82, 2.24) is 14.8 Å². The maximum atomic E-state index is 13.1. The van der Waals surface area contributed by atoms with Crippen LogP contribution in [0.2, 0.25) is 0 Å². The van der Waals surface area contributed by atoms with Crippen molar-refractivity contribution in [3.05, 3.63) is 47.3 Å². The first-order valence-electron chi connectivity index (χ1n) is 5.93. The van der Waals surface area contributed by atoms with Crippen LogP contribution >= 0.6 is 0 Å². The maximum absolute atomic E-state index is 13.1. The molecule has 0 spiro atoms. The topological polar surface area (TPSA) is 57.0 Å². The summed E-state index contributed by atoms with van der Waals surface area (Å²) in [7, 11) is 0. The van der Waals surface area contributed by atoms with E-state index in [4.69, 9.17) is 4.74 Å². The number of esters is 1. The third-order valence-electron chi connectivity index (χ3n) is 2.62. The average Bonchev–Trinajstić information content (AvgIpc) is 2.72. The lowest BCUT2D eigenvalue weighted by Crippen LogP contribution is -2.15. The van der Waals surface area contributed by atoms with Crippen LogP contribution in [-0.2, 0) is 11.3 Å². The van der Waals surface area contributed by atoms with Gasteiger partial charge in [0.25, 0.3) is 0 Å². The Morgan fingerprint density at radius 3 is 2.89 bits per heavy atom. The zero-order chi connectivity index (χ0) is 13.8. The molecular weight excluding hydrogens is 249 g/mol. The van der Waals surface area contributed by atoms with Crippen LogP contribution in [0.1, 0.15) is 28.9 Å². The second-order valence-electron chi connectivity index (χ2n) is 4.01. The van der Waals surface area contributed by atoms with E-state index in [1.807, 2.05) is 0 Å². The first-order chi connectivity index (χ1) is 9.11. The molecular formula is C13H14FN3O2. The summed E-state index contributed by atoms with van der Waals surface area (Å²) in [6.45, 7) is 4.04. The Kier molecular flexibility index (Phi) is 3.89. The fourth-order valence-corrected chi connectivity index (χ4v) is 1.73. The fourth-order valence-electron chi connectivity index (χ4n) is 1.73. The summed E-state index contributed by atoms with van der Waals surface area (Å²) in [6, 6.07) is 6.18. The average molecular weight is 263 g/mol. The van der Waals surface area contributed by atoms with Crippen LogP contribution in [-0.4, -0.2) is 27.3 Å². The Bertz CT molecular complexity index is 595. The molecule has 0 N–H and O–H groups in total. The van der Waals surface area contributed by atoms with Gasteiger partial charge in [-0.25, -0.2) is 9.18 Å². The van der Waals surface area contributed by atoms with E-state index in [-0.39, 0.29) is 18.2 Å². The number of ether oxygens (including phenoxy) is 1. The number of carbonyl (C=O) groups is 1. The Hall–Kier alpha value is -2.24. The molecule has 0 saturated heterocycles. The highest BCUT2D eigenvalue weighted by molar-refractivity contribution is 5.85. The minimum Gasteiger partial charge on any atom is -0.460 e. The minimum atomic E-state index is -0.528. The van der Waals surface area contributed by atoms with E-state index in [0.29, 0.717) is 12.4 Å². The molecule has 6 heteroatoms. The first-order valence-corrected chi connectivity index (χ1v) is 5.93. The predicted octanol–water partition coefficient (Wildman–Crippen LogP) is 1.95. The molecule has 0 aliphatic carbocycles. The monoisotopic (exact) mass is 263 g/mol. The van der Waals surface area contributed by atoms with Crippen molar-refractivity contribution in [2.24, 2.45) is 0 Å². The molecule has 0 bridgehead atoms. The van der Waals surface area contributed by atoms with Gasteiger partial charge >= 0.3 is 5.97 Å². The summed E-state index contributed by atoms with van der Waals surface area (Å²) in [4.78, 5) is 11.7. The van der Waals surface area contributed by atoms with Crippen molar-refractivity contribution >= 4 is 5.97 Å². The van der Waals surface area contributed by atoms with E-state index in [0.717, 1.165) is 5.56 Å². The van der Waals surface area contributed by atoms with Gasteiger partial charge in [0.1, 0.15) is 11.6 Å². The van der Waals surface area contributed by atoms with Crippen LogP contribution in [0.25, 0.3) is 0 Å². The smallest absolute Gasteiger partial charge is 0.376 e. The summed E-state index contributed by atoms with van der Waals surface area (Å²) in [5.41, 5.74) is 0.730. The van der Waals surface area contributed by atoms with E-state index in [1.54, 1.807) is 30.5 Å². The second-order valence-corrected chi connectivity index (χ2v) is 4.01. The molecule has 19 heavy (non-hydrogen) atoms. The molecule has 1 heterocycles. The largest absolute Gasteiger partial charge is 0.460 e. The number of halogens is 1. The Balaban J connectivity index is 2.29. The SMILES string of the molecule is CCOC(=O)c1nnc(C)n1Cc1cccc(F)c1. The van der Waals surface area contributed by atoms with Gasteiger partial charge in [-0.1, -0.05) is 12.1 Å². The van der Waals surface area contributed by atoms with Crippen LogP contribution in [0.3, 0.4) is 0 Å². The van der Waals surface area contributed by atoms with Crippen molar-refractivity contribution in [2.75, 3.05) is 6.61 Å². The van der Waals surface area contributed by atoms with E-state index in [2.05, 4.69) is 10.2 Å². The summed E-state index contributed by atoms with van der Waals surface area (Å²) >= 11 is 0. The molecule has 0 atom stereocenters. The van der Waals surface area contributed by atoms with Crippen LogP contribution in [0.5, 0.6) is 0 Å². The van der Waals surface area contributed by atoms with Gasteiger partial charge in [-0.05, 0) is 31.5 Å². The van der Waals surface area contributed by atoms with Gasteiger partial charge in [0.15, 0.2) is 0 Å². The molecule has 2 aromatic rings. The lowest BCUT2D eigenvalue weighted by atomic mass is 10.2. The van der Waals surface area contributed by atoms with Crippen molar-refractivity contribution in [2.45, 2.75) is 20.4 Å². The highest BCUT2D eigenvalue weighted by Gasteiger charge is 2.18. The third-order valence-corrected chi connectivity index (χ3v) is 2.62. The number of aryl methyl sites for hydroxylation is 1. The van der Waals surface area contributed by atoms with Crippen molar-refractivity contribution < 1.29 is 13.9 Å². The molecule has 0 aliphatic rings. The van der Waals surface area contributed by atoms with Gasteiger partial charge in [0.2, 0.25) is 5.82 Å². The number of hydrogen-bond acceptors (Lipinski definition) is 4. The van der Waals surface area contributed by atoms with Gasteiger partial charge in [0.05, 0.1) is 13.2 Å². The summed E-state index contributed by atoms with van der Waals surface area (Å²) in [5, 5.41) is 7.65. The molecule has 0 fully saturated rings. The maximum Gasteiger partial charge on any atom is 0.376 e. The number of carbonyl (C=O) groups excluding carboxylic acids is 1. The van der Waals surface area contributed by atoms with Crippen LogP contribution < -0.4 is 0 Å². The third kappa shape index (κ3) is 2.96. The quantitative estimate of drug-likeness (QED) is 0.791. The Labute approximate surface area is 110 Å². The lowest BCUT2D eigenvalue weighted by molar-refractivity contribution is 0.0506. The van der Waals surface area contributed by atoms with Gasteiger partial charge < -0.3 is 9.30 Å². The van der Waals surface area contributed by atoms with E-state index < -0.39 is 5.97 Å². The fraction of sp³-hybridized carbons (Fsp3) is 0.308. The predicted molar refractivity (Wildman–Crippen MR) is 66.2 cm³/mol. The van der Waals surface area contributed by atoms with E-state index >= 15 is 0 Å². The molecule has 100 valence electrons. The second kappa shape index (κ2) is 5.60. The normalized spacial score (nSPS) is 10.5. The molecule has 0 unspecified atom stereocenters. The van der Waals surface area contributed by atoms with Crippen molar-refractivity contribution in [3.8, 4) is 0 Å². The van der Waals surface area contributed by atoms with Crippen molar-refractivity contribution in [3.63, 3.8) is 0 Å². The zero-order valence-corrected chi connectivity index (χ0v) is 10.8. The van der Waals surface area contributed by atoms with E-state index in [1.165, 1.54) is 12.1 Å². The molecule has 1 aromatic heterocycles. The molecule has 0 radical (unpaired) electrons. The van der Waals surface area contributed by atoms with E-state index in [9.17, 15) is 9.18 Å². The number of benzene rings is 1. The minimum absolute atomic E-state index is 0.128. The number of nitrogens with zero attached hydrogens (tertiary/aromatic N) is 3. The van der Waals surface area contributed by atoms with Gasteiger partial charge in [0, 0.05) is 0 Å². The lowest BCUT2D eigenvalue weighted by Gasteiger charge is -2.08. The van der Waals surface area contributed by atoms with Crippen LogP contribution in [0.15, 0.2) is 24.3 Å². The number of hydrogen-bond donors (Lipinski definition) is 0. The van der Waals surface area contributed by atoms with Crippen LogP contribution in [0, 0.1) is 12.7 Å². The zero-order valence-electron chi connectivity index (χ0n) is 10.8. The summed E-state index contributed by atoms with van der Waals surface area (Å²) < 4.78 is 19.7. The summed E-state index contributed by atoms with van der Waals surface area (Å²) in [5.74, 6) is -0.142. The molecule has 5 nitrogen and oxygen atoms in total. The first kappa shape index (κ1) is 13.2. The highest BCUT2D eigenvalue weighted by Crippen LogP contribution is 2.10. The van der Waals surface area contributed by atoms with Crippen LogP contribution in [0.4, 0.5) is 4.39 Å². The molecule has 2 rings (SSSR count). The van der Waals surface area contributed by atoms with Gasteiger partial charge in [-0.3, -0.25) is 0 Å². The Morgan fingerprint density at radius 1 is 1.42 bits per heavy atom. The molecule has 0 aliphatic heterocycles. The number of rotatable bonds is 4. The van der Waals surface area contributed by atoms with Gasteiger partial charge in [-0.15, -0.1) is 10.2 Å². The molecule has 1 aromatic carbocycles.